The first-order valence-corrected chi connectivity index (χ1v) is 12.0. The first kappa shape index (κ1) is 22.3. The number of hydrogen-bond donors (Lipinski definition) is 2. The van der Waals surface area contributed by atoms with E-state index in [1.165, 1.54) is 0 Å². The van der Waals surface area contributed by atoms with Crippen LogP contribution in [0.25, 0.3) is 28.0 Å². The molecule has 1 aromatic carbocycles. The Hall–Kier alpha value is -2.51. The summed E-state index contributed by atoms with van der Waals surface area (Å²) in [6.07, 6.45) is 9.64. The van der Waals surface area contributed by atoms with Crippen molar-refractivity contribution in [2.24, 2.45) is 0 Å². The zero-order valence-electron chi connectivity index (χ0n) is 18.6. The normalized spacial score (nSPS) is 17.2. The van der Waals surface area contributed by atoms with Gasteiger partial charge >= 0.3 is 0 Å². The summed E-state index contributed by atoms with van der Waals surface area (Å²) in [6.45, 7) is 5.36. The lowest BCUT2D eigenvalue weighted by atomic mass is 9.99. The van der Waals surface area contributed by atoms with Crippen molar-refractivity contribution in [3.8, 4) is 22.4 Å². The van der Waals surface area contributed by atoms with Crippen molar-refractivity contribution in [2.45, 2.75) is 44.8 Å². The molecular formula is C25H26Cl2N6. The Morgan fingerprint density at radius 2 is 1.88 bits per heavy atom. The summed E-state index contributed by atoms with van der Waals surface area (Å²) in [5.41, 5.74) is 4.48. The summed E-state index contributed by atoms with van der Waals surface area (Å²) in [6, 6.07) is 10.2. The van der Waals surface area contributed by atoms with Crippen LogP contribution in [0, 0.1) is 0 Å². The molecule has 4 aromatic rings. The van der Waals surface area contributed by atoms with E-state index in [2.05, 4.69) is 33.9 Å². The fourth-order valence-electron chi connectivity index (χ4n) is 4.58. The molecule has 0 spiro atoms. The minimum Gasteiger partial charge on any atom is -0.312 e. The van der Waals surface area contributed by atoms with Crippen molar-refractivity contribution < 1.29 is 0 Å². The van der Waals surface area contributed by atoms with Crippen molar-refractivity contribution >= 4 is 28.8 Å². The summed E-state index contributed by atoms with van der Waals surface area (Å²) >= 11 is 12.6. The van der Waals surface area contributed by atoms with Crippen LogP contribution >= 0.6 is 23.2 Å². The molecule has 0 bridgehead atoms. The molecule has 170 valence electrons. The van der Waals surface area contributed by atoms with Crippen LogP contribution in [0.2, 0.25) is 10.0 Å². The number of aromatic nitrogens is 4. The molecule has 1 fully saturated rings. The van der Waals surface area contributed by atoms with Gasteiger partial charge in [-0.1, -0.05) is 43.1 Å². The minimum atomic E-state index is 0.0349. The van der Waals surface area contributed by atoms with Crippen LogP contribution in [0.3, 0.4) is 0 Å². The lowest BCUT2D eigenvalue weighted by molar-refractivity contribution is 0.367. The smallest absolute Gasteiger partial charge is 0.148 e. The molecule has 2 unspecified atom stereocenters. The highest BCUT2D eigenvalue weighted by atomic mass is 35.5. The first-order chi connectivity index (χ1) is 16.0. The molecule has 0 amide bonds. The van der Waals surface area contributed by atoms with E-state index in [0.717, 1.165) is 53.2 Å². The summed E-state index contributed by atoms with van der Waals surface area (Å²) in [5, 5.41) is 8.42. The Morgan fingerprint density at radius 3 is 2.58 bits per heavy atom. The molecule has 3 aromatic heterocycles. The predicted octanol–water partition coefficient (Wildman–Crippen LogP) is 5.56. The van der Waals surface area contributed by atoms with E-state index < -0.39 is 0 Å². The van der Waals surface area contributed by atoms with Gasteiger partial charge in [0.05, 0.1) is 27.3 Å². The molecule has 5 rings (SSSR count). The SMILES string of the molecule is CC(C)NC(c1nc(-c2ccncc2)c(-c2ccc(Cl)c(Cl)c2)c2nccn12)C1CCCN1. The van der Waals surface area contributed by atoms with Crippen molar-refractivity contribution in [1.82, 2.24) is 30.0 Å². The molecule has 0 saturated carbocycles. The maximum absolute atomic E-state index is 6.40. The van der Waals surface area contributed by atoms with Crippen LogP contribution in [-0.2, 0) is 0 Å². The van der Waals surface area contributed by atoms with Gasteiger partial charge in [0.1, 0.15) is 11.5 Å². The minimum absolute atomic E-state index is 0.0349. The fraction of sp³-hybridized carbons (Fsp3) is 0.320. The van der Waals surface area contributed by atoms with Crippen molar-refractivity contribution in [3.63, 3.8) is 0 Å². The van der Waals surface area contributed by atoms with Gasteiger partial charge in [0, 0.05) is 42.4 Å². The van der Waals surface area contributed by atoms with Crippen molar-refractivity contribution in [2.75, 3.05) is 6.54 Å². The molecular weight excluding hydrogens is 455 g/mol. The maximum Gasteiger partial charge on any atom is 0.148 e. The molecule has 4 heterocycles. The van der Waals surface area contributed by atoms with Gasteiger partial charge in [0.25, 0.3) is 0 Å². The average molecular weight is 481 g/mol. The van der Waals surface area contributed by atoms with Gasteiger partial charge in [0.15, 0.2) is 0 Å². The monoisotopic (exact) mass is 480 g/mol. The quantitative estimate of drug-likeness (QED) is 0.378. The van der Waals surface area contributed by atoms with E-state index in [1.807, 2.05) is 42.7 Å². The standard InChI is InChI=1S/C25H26Cl2N6/c1-15(2)31-23(20-4-3-9-29-20)25-32-22(16-7-10-28-11-8-16)21(24-30-12-13-33(24)25)17-5-6-18(26)19(27)14-17/h5-8,10-15,20,23,29,31H,3-4,9H2,1-2H3. The van der Waals surface area contributed by atoms with Crippen LogP contribution in [0.5, 0.6) is 0 Å². The van der Waals surface area contributed by atoms with E-state index >= 15 is 0 Å². The Bertz CT molecular complexity index is 1260. The van der Waals surface area contributed by atoms with Gasteiger partial charge in [0.2, 0.25) is 0 Å². The lowest BCUT2D eigenvalue weighted by Crippen LogP contribution is -2.42. The fourth-order valence-corrected chi connectivity index (χ4v) is 4.88. The summed E-state index contributed by atoms with van der Waals surface area (Å²) < 4.78 is 2.10. The Balaban J connectivity index is 1.79. The number of rotatable bonds is 6. The van der Waals surface area contributed by atoms with E-state index in [0.29, 0.717) is 22.1 Å². The van der Waals surface area contributed by atoms with Gasteiger partial charge in [-0.25, -0.2) is 9.97 Å². The van der Waals surface area contributed by atoms with E-state index in [4.69, 9.17) is 33.2 Å². The molecule has 0 radical (unpaired) electrons. The highest BCUT2D eigenvalue weighted by Gasteiger charge is 2.31. The molecule has 8 heteroatoms. The van der Waals surface area contributed by atoms with Crippen molar-refractivity contribution in [1.29, 1.82) is 0 Å². The van der Waals surface area contributed by atoms with E-state index in [1.54, 1.807) is 12.4 Å². The Labute approximate surface area is 203 Å². The number of benzene rings is 1. The summed E-state index contributed by atoms with van der Waals surface area (Å²) in [7, 11) is 0. The lowest BCUT2D eigenvalue weighted by Gasteiger charge is -2.28. The second-order valence-corrected chi connectivity index (χ2v) is 9.50. The van der Waals surface area contributed by atoms with Crippen LogP contribution < -0.4 is 10.6 Å². The predicted molar refractivity (Wildman–Crippen MR) is 134 cm³/mol. The third-order valence-corrected chi connectivity index (χ3v) is 6.77. The maximum atomic E-state index is 6.40. The molecule has 2 atom stereocenters. The van der Waals surface area contributed by atoms with Crippen LogP contribution in [0.4, 0.5) is 0 Å². The number of pyridine rings is 1. The topological polar surface area (TPSA) is 67.1 Å². The summed E-state index contributed by atoms with van der Waals surface area (Å²) in [4.78, 5) is 14.3. The van der Waals surface area contributed by atoms with E-state index in [9.17, 15) is 0 Å². The van der Waals surface area contributed by atoms with Crippen LogP contribution in [-0.4, -0.2) is 38.0 Å². The Morgan fingerprint density at radius 1 is 1.06 bits per heavy atom. The highest BCUT2D eigenvalue weighted by Crippen LogP contribution is 2.38. The van der Waals surface area contributed by atoms with E-state index in [-0.39, 0.29) is 6.04 Å². The number of fused-ring (bicyclic) bond motifs is 1. The first-order valence-electron chi connectivity index (χ1n) is 11.2. The zero-order chi connectivity index (χ0) is 22.9. The van der Waals surface area contributed by atoms with Gasteiger partial charge in [-0.3, -0.25) is 9.38 Å². The zero-order valence-corrected chi connectivity index (χ0v) is 20.1. The largest absolute Gasteiger partial charge is 0.312 e. The third-order valence-electron chi connectivity index (χ3n) is 6.03. The molecule has 1 aliphatic rings. The van der Waals surface area contributed by atoms with Gasteiger partial charge < -0.3 is 10.6 Å². The second kappa shape index (κ2) is 9.39. The number of hydrogen-bond acceptors (Lipinski definition) is 5. The average Bonchev–Trinajstić information content (AvgIpc) is 3.51. The van der Waals surface area contributed by atoms with Gasteiger partial charge in [-0.15, -0.1) is 0 Å². The van der Waals surface area contributed by atoms with Crippen LogP contribution in [0.15, 0.2) is 55.1 Å². The molecule has 6 nitrogen and oxygen atoms in total. The molecule has 2 N–H and O–H groups in total. The molecule has 33 heavy (non-hydrogen) atoms. The molecule has 1 aliphatic heterocycles. The Kier molecular flexibility index (Phi) is 6.34. The second-order valence-electron chi connectivity index (χ2n) is 8.68. The number of nitrogens with one attached hydrogen (secondary N) is 2. The number of imidazole rings is 1. The summed E-state index contributed by atoms with van der Waals surface area (Å²) in [5.74, 6) is 0.936. The molecule has 0 aliphatic carbocycles. The van der Waals surface area contributed by atoms with Gasteiger partial charge in [-0.05, 0) is 49.2 Å². The highest BCUT2D eigenvalue weighted by molar-refractivity contribution is 6.42. The number of halogens is 2. The van der Waals surface area contributed by atoms with Crippen LogP contribution in [0.1, 0.15) is 38.6 Å². The third kappa shape index (κ3) is 4.36. The van der Waals surface area contributed by atoms with Gasteiger partial charge in [-0.2, -0.15) is 0 Å². The van der Waals surface area contributed by atoms with Crippen molar-refractivity contribution in [3.05, 3.63) is 71.0 Å². The molecule has 1 saturated heterocycles. The number of nitrogens with zero attached hydrogens (tertiary/aromatic N) is 4.